The Labute approximate surface area is 169 Å². The number of nitrogens with one attached hydrogen (secondary N) is 1. The molecule has 0 aromatic heterocycles. The minimum Gasteiger partial charge on any atom is -0.400 e. The average molecular weight is 386 g/mol. The SMILES string of the molecule is CC(C)C1CCC(N2CCC(N3C(=O)C(=N)c4ccccc43)CC2)CC1.CO. The zero-order valence-corrected chi connectivity index (χ0v) is 17.5. The van der Waals surface area contributed by atoms with Crippen molar-refractivity contribution in [3.05, 3.63) is 29.8 Å². The van der Waals surface area contributed by atoms with E-state index in [1.807, 2.05) is 29.2 Å². The average Bonchev–Trinajstić information content (AvgIpc) is 3.00. The van der Waals surface area contributed by atoms with Gasteiger partial charge in [-0.2, -0.15) is 0 Å². The van der Waals surface area contributed by atoms with Gasteiger partial charge in [-0.25, -0.2) is 0 Å². The number of piperidine rings is 1. The molecule has 1 aromatic rings. The van der Waals surface area contributed by atoms with Crippen LogP contribution in [0.4, 0.5) is 5.69 Å². The minimum absolute atomic E-state index is 0.109. The van der Waals surface area contributed by atoms with Gasteiger partial charge in [0.15, 0.2) is 0 Å². The van der Waals surface area contributed by atoms with Gasteiger partial charge in [0.05, 0.1) is 5.69 Å². The number of hydrogen-bond donors (Lipinski definition) is 2. The molecule has 2 N–H and O–H groups in total. The second-order valence-electron chi connectivity index (χ2n) is 8.65. The fraction of sp³-hybridized carbons (Fsp3) is 0.652. The smallest absolute Gasteiger partial charge is 0.277 e. The van der Waals surface area contributed by atoms with E-state index in [9.17, 15) is 4.79 Å². The minimum atomic E-state index is -0.109. The summed E-state index contributed by atoms with van der Waals surface area (Å²) in [4.78, 5) is 17.2. The number of likely N-dealkylation sites (tertiary alicyclic amines) is 1. The van der Waals surface area contributed by atoms with Crippen LogP contribution >= 0.6 is 0 Å². The van der Waals surface area contributed by atoms with Gasteiger partial charge in [-0.1, -0.05) is 32.0 Å². The number of aliphatic hydroxyl groups excluding tert-OH is 1. The van der Waals surface area contributed by atoms with Gasteiger partial charge in [0.2, 0.25) is 0 Å². The van der Waals surface area contributed by atoms with Crippen LogP contribution in [0.1, 0.15) is 57.9 Å². The highest BCUT2D eigenvalue weighted by Crippen LogP contribution is 2.36. The van der Waals surface area contributed by atoms with Crippen molar-refractivity contribution >= 4 is 17.3 Å². The largest absolute Gasteiger partial charge is 0.400 e. The van der Waals surface area contributed by atoms with Crippen LogP contribution in [0.3, 0.4) is 0 Å². The Morgan fingerprint density at radius 1 is 0.964 bits per heavy atom. The lowest BCUT2D eigenvalue weighted by Gasteiger charge is -2.43. The second kappa shape index (κ2) is 9.19. The molecule has 1 saturated heterocycles. The lowest BCUT2D eigenvalue weighted by Crippen LogP contribution is -2.50. The maximum Gasteiger partial charge on any atom is 0.277 e. The lowest BCUT2D eigenvalue weighted by atomic mass is 9.79. The predicted molar refractivity (Wildman–Crippen MR) is 114 cm³/mol. The van der Waals surface area contributed by atoms with Crippen molar-refractivity contribution in [2.75, 3.05) is 25.1 Å². The van der Waals surface area contributed by atoms with Crippen LogP contribution in [0.25, 0.3) is 0 Å². The van der Waals surface area contributed by atoms with Crippen molar-refractivity contribution in [3.8, 4) is 0 Å². The van der Waals surface area contributed by atoms with Crippen LogP contribution in [0, 0.1) is 17.2 Å². The van der Waals surface area contributed by atoms with Crippen molar-refractivity contribution in [2.45, 2.75) is 64.5 Å². The zero-order valence-electron chi connectivity index (χ0n) is 17.5. The summed E-state index contributed by atoms with van der Waals surface area (Å²) in [6, 6.07) is 8.77. The molecule has 0 spiro atoms. The summed E-state index contributed by atoms with van der Waals surface area (Å²) >= 11 is 0. The van der Waals surface area contributed by atoms with E-state index in [4.69, 9.17) is 10.5 Å². The number of fused-ring (bicyclic) bond motifs is 1. The Morgan fingerprint density at radius 2 is 1.57 bits per heavy atom. The van der Waals surface area contributed by atoms with Crippen LogP contribution in [0.15, 0.2) is 24.3 Å². The highest BCUT2D eigenvalue weighted by atomic mass is 16.2. The summed E-state index contributed by atoms with van der Waals surface area (Å²) in [5.74, 6) is 1.62. The lowest BCUT2D eigenvalue weighted by molar-refractivity contribution is -0.112. The number of hydrogen-bond acceptors (Lipinski definition) is 4. The summed E-state index contributed by atoms with van der Waals surface area (Å²) < 4.78 is 0. The molecule has 1 saturated carbocycles. The van der Waals surface area contributed by atoms with Crippen LogP contribution in [-0.2, 0) is 4.79 Å². The number of anilines is 1. The zero-order chi connectivity index (χ0) is 20.3. The molecule has 1 aromatic carbocycles. The number of rotatable bonds is 3. The third-order valence-electron chi connectivity index (χ3n) is 6.93. The fourth-order valence-corrected chi connectivity index (χ4v) is 5.25. The Balaban J connectivity index is 0.00000109. The molecule has 5 nitrogen and oxygen atoms in total. The second-order valence-corrected chi connectivity index (χ2v) is 8.65. The molecule has 4 rings (SSSR count). The first-order valence-corrected chi connectivity index (χ1v) is 10.8. The molecule has 2 fully saturated rings. The molecule has 0 atom stereocenters. The molecular formula is C23H35N3O2. The Morgan fingerprint density at radius 3 is 2.18 bits per heavy atom. The maximum absolute atomic E-state index is 12.6. The van der Waals surface area contributed by atoms with Crippen LogP contribution in [0.2, 0.25) is 0 Å². The van der Waals surface area contributed by atoms with Crippen molar-refractivity contribution < 1.29 is 9.90 Å². The topological polar surface area (TPSA) is 67.6 Å². The third kappa shape index (κ3) is 4.01. The van der Waals surface area contributed by atoms with Crippen molar-refractivity contribution in [2.24, 2.45) is 11.8 Å². The molecule has 28 heavy (non-hydrogen) atoms. The van der Waals surface area contributed by atoms with E-state index in [1.54, 1.807) is 0 Å². The molecule has 0 radical (unpaired) electrons. The molecular weight excluding hydrogens is 350 g/mol. The van der Waals surface area contributed by atoms with Gasteiger partial charge in [-0.15, -0.1) is 0 Å². The molecule has 0 bridgehead atoms. The molecule has 0 unspecified atom stereocenters. The Kier molecular flexibility index (Phi) is 6.89. The van der Waals surface area contributed by atoms with Gasteiger partial charge in [0.1, 0.15) is 5.71 Å². The first-order chi connectivity index (χ1) is 13.6. The molecule has 154 valence electrons. The summed E-state index contributed by atoms with van der Waals surface area (Å²) in [6.07, 6.45) is 7.47. The van der Waals surface area contributed by atoms with Gasteiger partial charge < -0.3 is 14.9 Å². The van der Waals surface area contributed by atoms with E-state index in [0.717, 1.165) is 62.2 Å². The number of para-hydroxylation sites is 1. The summed E-state index contributed by atoms with van der Waals surface area (Å²) in [6.45, 7) is 6.89. The maximum atomic E-state index is 12.6. The highest BCUT2D eigenvalue weighted by molar-refractivity contribution is 6.53. The summed E-state index contributed by atoms with van der Waals surface area (Å²) in [7, 11) is 1.00. The number of benzene rings is 1. The van der Waals surface area contributed by atoms with Crippen LogP contribution in [0.5, 0.6) is 0 Å². The summed E-state index contributed by atoms with van der Waals surface area (Å²) in [5, 5.41) is 15.1. The standard InChI is InChI=1S/C22H31N3O.CH4O/c1-15(2)16-7-9-17(10-8-16)24-13-11-18(12-14-24)25-20-6-4-3-5-19(20)21(23)22(25)26;1-2/h3-6,15-18,23H,7-14H2,1-2H3;2H,1H3. The van der Waals surface area contributed by atoms with E-state index in [-0.39, 0.29) is 17.7 Å². The third-order valence-corrected chi connectivity index (χ3v) is 6.93. The monoisotopic (exact) mass is 385 g/mol. The number of aliphatic hydroxyl groups is 1. The number of carbonyl (C=O) groups is 1. The van der Waals surface area contributed by atoms with E-state index in [1.165, 1.54) is 25.7 Å². The number of amides is 1. The van der Waals surface area contributed by atoms with Gasteiger partial charge >= 0.3 is 0 Å². The van der Waals surface area contributed by atoms with Crippen molar-refractivity contribution in [1.29, 1.82) is 5.41 Å². The molecule has 1 aliphatic carbocycles. The normalized spacial score (nSPS) is 26.2. The number of nitrogens with zero attached hydrogens (tertiary/aromatic N) is 2. The molecule has 1 amide bonds. The van der Waals surface area contributed by atoms with E-state index in [2.05, 4.69) is 18.7 Å². The summed E-state index contributed by atoms with van der Waals surface area (Å²) in [5.41, 5.74) is 1.90. The van der Waals surface area contributed by atoms with Gasteiger partial charge in [-0.3, -0.25) is 10.2 Å². The van der Waals surface area contributed by atoms with Crippen LogP contribution < -0.4 is 4.90 Å². The number of carbonyl (C=O) groups excluding carboxylic acids is 1. The first-order valence-electron chi connectivity index (χ1n) is 10.8. The van der Waals surface area contributed by atoms with E-state index in [0.29, 0.717) is 0 Å². The molecule has 2 heterocycles. The molecule has 3 aliphatic rings. The van der Waals surface area contributed by atoms with E-state index < -0.39 is 0 Å². The van der Waals surface area contributed by atoms with Crippen molar-refractivity contribution in [1.82, 2.24) is 4.90 Å². The van der Waals surface area contributed by atoms with E-state index >= 15 is 0 Å². The Hall–Kier alpha value is -1.72. The fourth-order valence-electron chi connectivity index (χ4n) is 5.25. The van der Waals surface area contributed by atoms with Crippen LogP contribution in [-0.4, -0.2) is 53.9 Å². The van der Waals surface area contributed by atoms with Gasteiger partial charge in [0, 0.05) is 37.8 Å². The first kappa shape index (κ1) is 21.0. The predicted octanol–water partition coefficient (Wildman–Crippen LogP) is 3.69. The molecule has 2 aliphatic heterocycles. The molecule has 5 heteroatoms. The highest BCUT2D eigenvalue weighted by Gasteiger charge is 2.39. The van der Waals surface area contributed by atoms with Gasteiger partial charge in [-0.05, 0) is 56.4 Å². The Bertz CT molecular complexity index is 687. The van der Waals surface area contributed by atoms with Gasteiger partial charge in [0.25, 0.3) is 5.91 Å². The van der Waals surface area contributed by atoms with Crippen molar-refractivity contribution in [3.63, 3.8) is 0 Å². The quantitative estimate of drug-likeness (QED) is 0.834.